The molecule has 1 heterocycles. The van der Waals surface area contributed by atoms with Gasteiger partial charge in [-0.05, 0) is 62.7 Å². The van der Waals surface area contributed by atoms with Crippen molar-refractivity contribution in [2.24, 2.45) is 0 Å². The third kappa shape index (κ3) is 3.23. The summed E-state index contributed by atoms with van der Waals surface area (Å²) in [5.41, 5.74) is 5.20. The third-order valence-corrected chi connectivity index (χ3v) is 4.66. The highest BCUT2D eigenvalue weighted by Crippen LogP contribution is 2.23. The highest BCUT2D eigenvalue weighted by atomic mass is 32.1. The Morgan fingerprint density at radius 2 is 1.83 bits per heavy atom. The molecular formula is C18H20N4OS. The number of aromatic nitrogens is 2. The predicted molar refractivity (Wildman–Crippen MR) is 100 cm³/mol. The molecule has 6 heteroatoms. The van der Waals surface area contributed by atoms with E-state index in [-0.39, 0.29) is 5.91 Å². The number of hydrogen-bond acceptors (Lipinski definition) is 5. The summed E-state index contributed by atoms with van der Waals surface area (Å²) in [6, 6.07) is 11.5. The minimum atomic E-state index is -0.136. The monoisotopic (exact) mass is 340 g/mol. The zero-order chi connectivity index (χ0) is 17.1. The van der Waals surface area contributed by atoms with Crippen LogP contribution >= 0.6 is 11.7 Å². The number of benzene rings is 2. The van der Waals surface area contributed by atoms with Crippen LogP contribution in [0, 0.1) is 6.92 Å². The van der Waals surface area contributed by atoms with E-state index in [0.717, 1.165) is 47.1 Å². The van der Waals surface area contributed by atoms with Crippen LogP contribution in [0.4, 0.5) is 11.4 Å². The fraction of sp³-hybridized carbons (Fsp3) is 0.278. The molecule has 124 valence electrons. The van der Waals surface area contributed by atoms with Crippen LogP contribution < -0.4 is 10.2 Å². The summed E-state index contributed by atoms with van der Waals surface area (Å²) in [4.78, 5) is 14.8. The van der Waals surface area contributed by atoms with E-state index in [1.807, 2.05) is 25.1 Å². The van der Waals surface area contributed by atoms with Gasteiger partial charge in [0.25, 0.3) is 5.91 Å². The van der Waals surface area contributed by atoms with Gasteiger partial charge in [-0.15, -0.1) is 0 Å². The van der Waals surface area contributed by atoms with Crippen molar-refractivity contribution in [3.63, 3.8) is 0 Å². The summed E-state index contributed by atoms with van der Waals surface area (Å²) in [6.07, 6.45) is 0. The Kier molecular flexibility index (Phi) is 4.76. The Balaban J connectivity index is 1.80. The van der Waals surface area contributed by atoms with Gasteiger partial charge in [0.15, 0.2) is 0 Å². The van der Waals surface area contributed by atoms with E-state index in [0.29, 0.717) is 5.56 Å². The first-order valence-electron chi connectivity index (χ1n) is 8.01. The fourth-order valence-corrected chi connectivity index (χ4v) is 3.21. The number of fused-ring (bicyclic) bond motifs is 1. The molecule has 0 atom stereocenters. The molecule has 0 bridgehead atoms. The summed E-state index contributed by atoms with van der Waals surface area (Å²) < 4.78 is 8.33. The standard InChI is InChI=1S/C18H20N4OS/c1-4-22(5-2)14-7-9-15(12(3)10-14)19-18(23)13-6-8-16-17(11-13)21-24-20-16/h6-11H,4-5H2,1-3H3,(H,19,23). The van der Waals surface area contributed by atoms with Gasteiger partial charge in [0.2, 0.25) is 0 Å². The lowest BCUT2D eigenvalue weighted by atomic mass is 10.1. The van der Waals surface area contributed by atoms with Crippen LogP contribution in [-0.2, 0) is 0 Å². The molecule has 1 aromatic heterocycles. The molecule has 5 nitrogen and oxygen atoms in total. The van der Waals surface area contributed by atoms with Gasteiger partial charge in [-0.1, -0.05) is 0 Å². The van der Waals surface area contributed by atoms with Gasteiger partial charge in [-0.3, -0.25) is 4.79 Å². The number of nitrogens with one attached hydrogen (secondary N) is 1. The predicted octanol–water partition coefficient (Wildman–Crippen LogP) is 4.10. The van der Waals surface area contributed by atoms with Crippen LogP contribution in [0.25, 0.3) is 11.0 Å². The molecule has 0 radical (unpaired) electrons. The third-order valence-electron chi connectivity index (χ3n) is 4.10. The van der Waals surface area contributed by atoms with Crippen molar-refractivity contribution >= 4 is 40.0 Å². The van der Waals surface area contributed by atoms with E-state index in [4.69, 9.17) is 0 Å². The average molecular weight is 340 g/mol. The molecule has 24 heavy (non-hydrogen) atoms. The quantitative estimate of drug-likeness (QED) is 0.760. The molecule has 0 saturated heterocycles. The lowest BCUT2D eigenvalue weighted by Gasteiger charge is -2.22. The first kappa shape index (κ1) is 16.4. The normalized spacial score (nSPS) is 10.8. The Bertz CT molecular complexity index is 870. The Hall–Kier alpha value is -2.47. The largest absolute Gasteiger partial charge is 0.372 e. The summed E-state index contributed by atoms with van der Waals surface area (Å²) in [5, 5.41) is 2.98. The molecule has 0 aliphatic rings. The molecular weight excluding hydrogens is 320 g/mol. The number of nitrogens with zero attached hydrogens (tertiary/aromatic N) is 3. The van der Waals surface area contributed by atoms with E-state index in [1.165, 1.54) is 5.69 Å². The number of rotatable bonds is 5. The van der Waals surface area contributed by atoms with Gasteiger partial charge in [0, 0.05) is 30.0 Å². The number of carbonyl (C=O) groups excluding carboxylic acids is 1. The number of anilines is 2. The zero-order valence-electron chi connectivity index (χ0n) is 14.0. The number of amides is 1. The second-order valence-electron chi connectivity index (χ2n) is 5.59. The minimum Gasteiger partial charge on any atom is -0.372 e. The average Bonchev–Trinajstić information content (AvgIpc) is 3.05. The SMILES string of the molecule is CCN(CC)c1ccc(NC(=O)c2ccc3nsnc3c2)c(C)c1. The Morgan fingerprint density at radius 3 is 2.54 bits per heavy atom. The zero-order valence-corrected chi connectivity index (χ0v) is 14.9. The molecule has 0 aliphatic carbocycles. The van der Waals surface area contributed by atoms with Gasteiger partial charge in [-0.25, -0.2) is 0 Å². The van der Waals surface area contributed by atoms with E-state index >= 15 is 0 Å². The molecule has 0 aliphatic heterocycles. The lowest BCUT2D eigenvalue weighted by molar-refractivity contribution is 0.102. The van der Waals surface area contributed by atoms with Crippen molar-refractivity contribution in [3.8, 4) is 0 Å². The molecule has 0 fully saturated rings. The maximum absolute atomic E-state index is 12.5. The maximum atomic E-state index is 12.5. The van der Waals surface area contributed by atoms with Gasteiger partial charge >= 0.3 is 0 Å². The van der Waals surface area contributed by atoms with Crippen molar-refractivity contribution in [1.82, 2.24) is 8.75 Å². The van der Waals surface area contributed by atoms with Gasteiger partial charge in [0.1, 0.15) is 11.0 Å². The van der Waals surface area contributed by atoms with Gasteiger partial charge < -0.3 is 10.2 Å². The van der Waals surface area contributed by atoms with Crippen molar-refractivity contribution in [2.45, 2.75) is 20.8 Å². The molecule has 0 unspecified atom stereocenters. The molecule has 1 N–H and O–H groups in total. The van der Waals surface area contributed by atoms with E-state index in [1.54, 1.807) is 12.1 Å². The second kappa shape index (κ2) is 6.97. The van der Waals surface area contributed by atoms with Gasteiger partial charge in [0.05, 0.1) is 11.7 Å². The molecule has 3 aromatic rings. The van der Waals surface area contributed by atoms with Crippen molar-refractivity contribution < 1.29 is 4.79 Å². The van der Waals surface area contributed by atoms with Gasteiger partial charge in [-0.2, -0.15) is 8.75 Å². The van der Waals surface area contributed by atoms with Crippen LogP contribution in [0.2, 0.25) is 0 Å². The second-order valence-corrected chi connectivity index (χ2v) is 6.12. The van der Waals surface area contributed by atoms with Crippen molar-refractivity contribution in [1.29, 1.82) is 0 Å². The Labute approximate surface area is 145 Å². The van der Waals surface area contributed by atoms with E-state index in [2.05, 4.69) is 38.9 Å². The summed E-state index contributed by atoms with van der Waals surface area (Å²) in [6.45, 7) is 8.21. The molecule has 0 saturated carbocycles. The summed E-state index contributed by atoms with van der Waals surface area (Å²) in [7, 11) is 0. The first-order valence-corrected chi connectivity index (χ1v) is 8.74. The minimum absolute atomic E-state index is 0.136. The van der Waals surface area contributed by atoms with E-state index in [9.17, 15) is 4.79 Å². The molecule has 3 rings (SSSR count). The van der Waals surface area contributed by atoms with E-state index < -0.39 is 0 Å². The van der Waals surface area contributed by atoms with Crippen LogP contribution in [0.15, 0.2) is 36.4 Å². The highest BCUT2D eigenvalue weighted by Gasteiger charge is 2.11. The lowest BCUT2D eigenvalue weighted by Crippen LogP contribution is -2.22. The number of hydrogen-bond donors (Lipinski definition) is 1. The summed E-state index contributed by atoms with van der Waals surface area (Å²) >= 11 is 1.15. The van der Waals surface area contributed by atoms with Crippen LogP contribution in [-0.4, -0.2) is 27.7 Å². The molecule has 2 aromatic carbocycles. The highest BCUT2D eigenvalue weighted by molar-refractivity contribution is 7.00. The maximum Gasteiger partial charge on any atom is 0.255 e. The van der Waals surface area contributed by atoms with Crippen LogP contribution in [0.5, 0.6) is 0 Å². The smallest absolute Gasteiger partial charge is 0.255 e. The first-order chi connectivity index (χ1) is 11.6. The van der Waals surface area contributed by atoms with Crippen molar-refractivity contribution in [2.75, 3.05) is 23.3 Å². The van der Waals surface area contributed by atoms with Crippen LogP contribution in [0.1, 0.15) is 29.8 Å². The topological polar surface area (TPSA) is 58.1 Å². The number of aryl methyl sites for hydroxylation is 1. The number of carbonyl (C=O) groups is 1. The molecule has 1 amide bonds. The Morgan fingerprint density at radius 1 is 1.08 bits per heavy atom. The summed E-state index contributed by atoms with van der Waals surface area (Å²) in [5.74, 6) is -0.136. The fourth-order valence-electron chi connectivity index (χ4n) is 2.69. The van der Waals surface area contributed by atoms with Crippen LogP contribution in [0.3, 0.4) is 0 Å². The van der Waals surface area contributed by atoms with Crippen molar-refractivity contribution in [3.05, 3.63) is 47.5 Å². The molecule has 0 spiro atoms.